The van der Waals surface area contributed by atoms with Crippen LogP contribution in [0.5, 0.6) is 0 Å². The van der Waals surface area contributed by atoms with Crippen molar-refractivity contribution in [1.82, 2.24) is 0 Å². The van der Waals surface area contributed by atoms with Crippen LogP contribution in [0.2, 0.25) is 0 Å². The summed E-state index contributed by atoms with van der Waals surface area (Å²) in [4.78, 5) is 16.2. The molecule has 5 heteroatoms. The monoisotopic (exact) mass is 357 g/mol. The van der Waals surface area contributed by atoms with E-state index in [0.717, 1.165) is 22.3 Å². The maximum atomic E-state index is 11.8. The predicted octanol–water partition coefficient (Wildman–Crippen LogP) is 3.62. The third-order valence-corrected chi connectivity index (χ3v) is 4.52. The zero-order valence-electron chi connectivity index (χ0n) is 14.7. The second kappa shape index (κ2) is 8.17. The number of aryl methyl sites for hydroxylation is 1. The molecule has 0 aliphatic rings. The minimum absolute atomic E-state index is 0.386. The number of hydrogen-bond donors (Lipinski definition) is 2. The molecule has 0 aliphatic heterocycles. The highest BCUT2D eigenvalue weighted by atomic mass is 16.7. The molecule has 3 rings (SSSR count). The van der Waals surface area contributed by atoms with Crippen molar-refractivity contribution in [2.24, 2.45) is 5.90 Å². The third kappa shape index (κ3) is 3.97. The highest BCUT2D eigenvalue weighted by molar-refractivity contribution is 5.92. The van der Waals surface area contributed by atoms with Gasteiger partial charge >= 0.3 is 5.97 Å². The summed E-state index contributed by atoms with van der Waals surface area (Å²) in [6, 6.07) is 22.9. The Morgan fingerprint density at radius 3 is 2.41 bits per heavy atom. The fourth-order valence-corrected chi connectivity index (χ4v) is 3.09. The molecular formula is C22H19N3O2. The zero-order chi connectivity index (χ0) is 19.2. The second-order valence-electron chi connectivity index (χ2n) is 6.13. The SMILES string of the molecule is N#Cc1ccccc1-c1ccc(CCc2c(N)cccc2C(=O)ON)cc1. The molecule has 5 nitrogen and oxygen atoms in total. The summed E-state index contributed by atoms with van der Waals surface area (Å²) < 4.78 is 0. The first-order chi connectivity index (χ1) is 13.1. The van der Waals surface area contributed by atoms with Crippen molar-refractivity contribution in [3.8, 4) is 17.2 Å². The summed E-state index contributed by atoms with van der Waals surface area (Å²) in [5, 5.41) is 9.25. The molecule has 0 heterocycles. The first-order valence-corrected chi connectivity index (χ1v) is 8.51. The minimum atomic E-state index is -0.597. The van der Waals surface area contributed by atoms with Crippen LogP contribution in [-0.2, 0) is 17.7 Å². The van der Waals surface area contributed by atoms with Crippen LogP contribution in [0.4, 0.5) is 5.69 Å². The van der Waals surface area contributed by atoms with Gasteiger partial charge in [-0.2, -0.15) is 11.2 Å². The Hall–Kier alpha value is -3.62. The molecule has 0 aromatic heterocycles. The Balaban J connectivity index is 1.79. The number of hydrogen-bond acceptors (Lipinski definition) is 5. The van der Waals surface area contributed by atoms with E-state index in [-0.39, 0.29) is 0 Å². The standard InChI is InChI=1S/C22H19N3O2/c23-14-17-4-1-2-5-18(17)16-11-8-15(9-12-16)10-13-19-20(22(26)27-25)6-3-7-21(19)24/h1-9,11-12H,10,13,24-25H2. The van der Waals surface area contributed by atoms with E-state index >= 15 is 0 Å². The molecule has 0 radical (unpaired) electrons. The van der Waals surface area contributed by atoms with E-state index in [2.05, 4.69) is 10.9 Å². The van der Waals surface area contributed by atoms with Gasteiger partial charge in [-0.1, -0.05) is 48.5 Å². The van der Waals surface area contributed by atoms with E-state index in [0.29, 0.717) is 29.7 Å². The van der Waals surface area contributed by atoms with Gasteiger partial charge in [0, 0.05) is 5.69 Å². The number of benzene rings is 3. The molecular weight excluding hydrogens is 338 g/mol. The lowest BCUT2D eigenvalue weighted by Gasteiger charge is -2.11. The molecule has 0 amide bonds. The number of nitrogen functional groups attached to an aromatic ring is 1. The Labute approximate surface area is 157 Å². The topological polar surface area (TPSA) is 102 Å². The summed E-state index contributed by atoms with van der Waals surface area (Å²) in [5.41, 5.74) is 11.3. The van der Waals surface area contributed by atoms with Crippen molar-refractivity contribution in [2.45, 2.75) is 12.8 Å². The quantitative estimate of drug-likeness (QED) is 0.536. The van der Waals surface area contributed by atoms with Gasteiger partial charge < -0.3 is 10.6 Å². The van der Waals surface area contributed by atoms with E-state index in [1.165, 1.54) is 0 Å². The van der Waals surface area contributed by atoms with Crippen molar-refractivity contribution in [3.05, 3.63) is 89.0 Å². The summed E-state index contributed by atoms with van der Waals surface area (Å²) >= 11 is 0. The number of nitrogens with two attached hydrogens (primary N) is 2. The van der Waals surface area contributed by atoms with Crippen LogP contribution < -0.4 is 11.6 Å². The van der Waals surface area contributed by atoms with Crippen LogP contribution in [0.1, 0.15) is 27.0 Å². The Morgan fingerprint density at radius 2 is 1.70 bits per heavy atom. The second-order valence-corrected chi connectivity index (χ2v) is 6.13. The average Bonchev–Trinajstić information content (AvgIpc) is 2.72. The summed E-state index contributed by atoms with van der Waals surface area (Å²) in [6.07, 6.45) is 1.30. The Bertz CT molecular complexity index is 1000. The van der Waals surface area contributed by atoms with Crippen molar-refractivity contribution >= 4 is 11.7 Å². The molecule has 0 atom stereocenters. The minimum Gasteiger partial charge on any atom is -0.398 e. The summed E-state index contributed by atoms with van der Waals surface area (Å²) in [6.45, 7) is 0. The van der Waals surface area contributed by atoms with Crippen molar-refractivity contribution in [1.29, 1.82) is 5.26 Å². The van der Waals surface area contributed by atoms with Crippen molar-refractivity contribution < 1.29 is 9.63 Å². The number of carbonyl (C=O) groups excluding carboxylic acids is 1. The molecule has 27 heavy (non-hydrogen) atoms. The highest BCUT2D eigenvalue weighted by Crippen LogP contribution is 2.25. The molecule has 0 bridgehead atoms. The van der Waals surface area contributed by atoms with Crippen LogP contribution in [0, 0.1) is 11.3 Å². The molecule has 134 valence electrons. The van der Waals surface area contributed by atoms with E-state index in [1.54, 1.807) is 24.3 Å². The molecule has 0 fully saturated rings. The van der Waals surface area contributed by atoms with Gasteiger partial charge in [-0.3, -0.25) is 0 Å². The normalized spacial score (nSPS) is 10.2. The van der Waals surface area contributed by atoms with Gasteiger partial charge in [0.1, 0.15) is 0 Å². The molecule has 0 spiro atoms. The van der Waals surface area contributed by atoms with Crippen LogP contribution in [0.3, 0.4) is 0 Å². The van der Waals surface area contributed by atoms with Gasteiger partial charge in [0.05, 0.1) is 17.2 Å². The van der Waals surface area contributed by atoms with Gasteiger partial charge in [-0.05, 0) is 53.3 Å². The zero-order valence-corrected chi connectivity index (χ0v) is 14.7. The molecule has 0 saturated carbocycles. The maximum Gasteiger partial charge on any atom is 0.356 e. The van der Waals surface area contributed by atoms with Gasteiger partial charge in [0.2, 0.25) is 0 Å². The third-order valence-electron chi connectivity index (χ3n) is 4.52. The van der Waals surface area contributed by atoms with Gasteiger partial charge in [-0.25, -0.2) is 4.79 Å². The molecule has 3 aromatic carbocycles. The summed E-state index contributed by atoms with van der Waals surface area (Å²) in [7, 11) is 0. The summed E-state index contributed by atoms with van der Waals surface area (Å²) in [5.74, 6) is 4.42. The lowest BCUT2D eigenvalue weighted by molar-refractivity contribution is 0.0502. The van der Waals surface area contributed by atoms with E-state index < -0.39 is 5.97 Å². The Morgan fingerprint density at radius 1 is 0.963 bits per heavy atom. The van der Waals surface area contributed by atoms with E-state index in [9.17, 15) is 10.1 Å². The molecule has 0 unspecified atom stereocenters. The number of nitrogens with zero attached hydrogens (tertiary/aromatic N) is 1. The number of nitriles is 1. The number of anilines is 1. The van der Waals surface area contributed by atoms with Gasteiger partial charge in [0.15, 0.2) is 0 Å². The van der Waals surface area contributed by atoms with Gasteiger partial charge in [-0.15, -0.1) is 0 Å². The molecule has 0 aliphatic carbocycles. The van der Waals surface area contributed by atoms with Crippen LogP contribution in [0.15, 0.2) is 66.7 Å². The molecule has 4 N–H and O–H groups in total. The first kappa shape index (κ1) is 18.2. The number of rotatable bonds is 5. The average molecular weight is 357 g/mol. The molecule has 0 saturated heterocycles. The first-order valence-electron chi connectivity index (χ1n) is 8.51. The van der Waals surface area contributed by atoms with Crippen molar-refractivity contribution in [3.63, 3.8) is 0 Å². The van der Waals surface area contributed by atoms with Gasteiger partial charge in [0.25, 0.3) is 0 Å². The van der Waals surface area contributed by atoms with E-state index in [4.69, 9.17) is 11.6 Å². The molecule has 3 aromatic rings. The van der Waals surface area contributed by atoms with Crippen LogP contribution in [-0.4, -0.2) is 5.97 Å². The Kier molecular flexibility index (Phi) is 5.50. The van der Waals surface area contributed by atoms with Crippen LogP contribution in [0.25, 0.3) is 11.1 Å². The fraction of sp³-hybridized carbons (Fsp3) is 0.0909. The largest absolute Gasteiger partial charge is 0.398 e. The lowest BCUT2D eigenvalue weighted by atomic mass is 9.96. The highest BCUT2D eigenvalue weighted by Gasteiger charge is 2.14. The fourth-order valence-electron chi connectivity index (χ4n) is 3.09. The lowest BCUT2D eigenvalue weighted by Crippen LogP contribution is -2.14. The predicted molar refractivity (Wildman–Crippen MR) is 104 cm³/mol. The smallest absolute Gasteiger partial charge is 0.356 e. The van der Waals surface area contributed by atoms with Crippen LogP contribution >= 0.6 is 0 Å². The van der Waals surface area contributed by atoms with Crippen molar-refractivity contribution in [2.75, 3.05) is 5.73 Å². The van der Waals surface area contributed by atoms with E-state index in [1.807, 2.05) is 42.5 Å². The maximum absolute atomic E-state index is 11.8. The number of carbonyl (C=O) groups is 1.